The second-order valence-corrected chi connectivity index (χ2v) is 6.20. The summed E-state index contributed by atoms with van der Waals surface area (Å²) < 4.78 is 1.95. The topological polar surface area (TPSA) is 66.7 Å². The van der Waals surface area contributed by atoms with Crippen molar-refractivity contribution >= 4 is 17.5 Å². The third kappa shape index (κ3) is 3.36. The summed E-state index contributed by atoms with van der Waals surface area (Å²) in [6.07, 6.45) is 5.55. The van der Waals surface area contributed by atoms with Crippen LogP contribution in [0.1, 0.15) is 35.8 Å². The summed E-state index contributed by atoms with van der Waals surface area (Å²) in [7, 11) is 0. The van der Waals surface area contributed by atoms with Crippen molar-refractivity contribution in [3.05, 3.63) is 35.8 Å². The number of aryl methyl sites for hydroxylation is 1. The highest BCUT2D eigenvalue weighted by Gasteiger charge is 2.21. The SMILES string of the molecule is CC(=O)N1CCC(CNC(=O)c2ccn3c(C)cnc3c2)CC1. The number of pyridine rings is 1. The monoisotopic (exact) mass is 314 g/mol. The van der Waals surface area contributed by atoms with E-state index in [1.165, 1.54) is 0 Å². The molecule has 0 radical (unpaired) electrons. The molecule has 3 heterocycles. The summed E-state index contributed by atoms with van der Waals surface area (Å²) in [4.78, 5) is 29.8. The van der Waals surface area contributed by atoms with Gasteiger partial charge in [0.05, 0.1) is 0 Å². The van der Waals surface area contributed by atoms with Gasteiger partial charge in [0, 0.05) is 50.2 Å². The molecule has 0 spiro atoms. The molecule has 0 unspecified atom stereocenters. The normalized spacial score (nSPS) is 15.8. The van der Waals surface area contributed by atoms with Crippen LogP contribution in [0.2, 0.25) is 0 Å². The molecule has 1 aliphatic rings. The average Bonchev–Trinajstić information content (AvgIpc) is 2.93. The minimum absolute atomic E-state index is 0.0675. The van der Waals surface area contributed by atoms with Crippen LogP contribution in [0.4, 0.5) is 0 Å². The number of aromatic nitrogens is 2. The van der Waals surface area contributed by atoms with Gasteiger partial charge in [0.2, 0.25) is 5.91 Å². The van der Waals surface area contributed by atoms with E-state index in [1.54, 1.807) is 19.2 Å². The standard InChI is InChI=1S/C17H22N4O2/c1-12-10-18-16-9-15(5-8-21(12)16)17(23)19-11-14-3-6-20(7-4-14)13(2)22/h5,8-10,14H,3-4,6-7,11H2,1-2H3,(H,19,23). The molecular formula is C17H22N4O2. The van der Waals surface area contributed by atoms with Crippen molar-refractivity contribution in [1.82, 2.24) is 19.6 Å². The van der Waals surface area contributed by atoms with Gasteiger partial charge in [-0.05, 0) is 37.8 Å². The molecule has 3 rings (SSSR count). The van der Waals surface area contributed by atoms with Crippen molar-refractivity contribution in [2.75, 3.05) is 19.6 Å². The summed E-state index contributed by atoms with van der Waals surface area (Å²) in [5.74, 6) is 0.505. The first kappa shape index (κ1) is 15.5. The smallest absolute Gasteiger partial charge is 0.251 e. The van der Waals surface area contributed by atoms with Crippen LogP contribution < -0.4 is 5.32 Å². The number of hydrogen-bond donors (Lipinski definition) is 1. The lowest BCUT2D eigenvalue weighted by atomic mass is 9.96. The molecule has 0 atom stereocenters. The molecule has 1 fully saturated rings. The van der Waals surface area contributed by atoms with Crippen molar-refractivity contribution in [1.29, 1.82) is 0 Å². The van der Waals surface area contributed by atoms with E-state index in [2.05, 4.69) is 10.3 Å². The Bertz CT molecular complexity index is 729. The molecule has 0 bridgehead atoms. The van der Waals surface area contributed by atoms with Gasteiger partial charge in [-0.3, -0.25) is 9.59 Å². The Morgan fingerprint density at radius 2 is 2.09 bits per heavy atom. The second-order valence-electron chi connectivity index (χ2n) is 6.20. The number of likely N-dealkylation sites (tertiary alicyclic amines) is 1. The Kier molecular flexibility index (Phi) is 4.32. The van der Waals surface area contributed by atoms with Gasteiger partial charge in [-0.15, -0.1) is 0 Å². The lowest BCUT2D eigenvalue weighted by Crippen LogP contribution is -2.40. The quantitative estimate of drug-likeness (QED) is 0.936. The van der Waals surface area contributed by atoms with Gasteiger partial charge in [0.25, 0.3) is 5.91 Å². The molecule has 2 amide bonds. The minimum Gasteiger partial charge on any atom is -0.352 e. The van der Waals surface area contributed by atoms with Gasteiger partial charge >= 0.3 is 0 Å². The molecule has 1 aliphatic heterocycles. The first-order valence-corrected chi connectivity index (χ1v) is 8.02. The van der Waals surface area contributed by atoms with E-state index in [9.17, 15) is 9.59 Å². The zero-order valence-corrected chi connectivity index (χ0v) is 13.6. The molecule has 0 aliphatic carbocycles. The van der Waals surface area contributed by atoms with Gasteiger partial charge < -0.3 is 14.6 Å². The summed E-state index contributed by atoms with van der Waals surface area (Å²) >= 11 is 0. The first-order valence-electron chi connectivity index (χ1n) is 8.02. The maximum Gasteiger partial charge on any atom is 0.251 e. The van der Waals surface area contributed by atoms with Gasteiger partial charge in [-0.25, -0.2) is 4.98 Å². The predicted octanol–water partition coefficient (Wildman–Crippen LogP) is 1.63. The first-order chi connectivity index (χ1) is 11.0. The second kappa shape index (κ2) is 6.40. The molecule has 122 valence electrons. The lowest BCUT2D eigenvalue weighted by molar-refractivity contribution is -0.130. The molecule has 2 aromatic rings. The predicted molar refractivity (Wildman–Crippen MR) is 87.2 cm³/mol. The molecule has 23 heavy (non-hydrogen) atoms. The van der Waals surface area contributed by atoms with Gasteiger partial charge in [0.1, 0.15) is 5.65 Å². The molecule has 1 saturated heterocycles. The Morgan fingerprint density at radius 1 is 1.35 bits per heavy atom. The van der Waals surface area contributed by atoms with Crippen molar-refractivity contribution in [2.45, 2.75) is 26.7 Å². The summed E-state index contributed by atoms with van der Waals surface area (Å²) in [5.41, 5.74) is 2.46. The zero-order chi connectivity index (χ0) is 16.4. The van der Waals surface area contributed by atoms with Crippen LogP contribution in [-0.2, 0) is 4.79 Å². The number of hydrogen-bond acceptors (Lipinski definition) is 3. The maximum atomic E-state index is 12.3. The molecule has 2 aromatic heterocycles. The van der Waals surface area contributed by atoms with E-state index < -0.39 is 0 Å². The Morgan fingerprint density at radius 3 is 2.78 bits per heavy atom. The summed E-state index contributed by atoms with van der Waals surface area (Å²) in [6.45, 7) is 5.82. The van der Waals surface area contributed by atoms with E-state index in [0.717, 1.165) is 37.3 Å². The zero-order valence-electron chi connectivity index (χ0n) is 13.6. The highest BCUT2D eigenvalue weighted by molar-refractivity contribution is 5.95. The Hall–Kier alpha value is -2.37. The molecule has 0 saturated carbocycles. The van der Waals surface area contributed by atoms with E-state index in [-0.39, 0.29) is 11.8 Å². The Balaban J connectivity index is 1.55. The molecule has 1 N–H and O–H groups in total. The molecule has 0 aromatic carbocycles. The molecular weight excluding hydrogens is 292 g/mol. The average molecular weight is 314 g/mol. The van der Waals surface area contributed by atoms with Crippen LogP contribution in [0.5, 0.6) is 0 Å². The highest BCUT2D eigenvalue weighted by Crippen LogP contribution is 2.16. The fraction of sp³-hybridized carbons (Fsp3) is 0.471. The fourth-order valence-corrected chi connectivity index (χ4v) is 3.04. The van der Waals surface area contributed by atoms with E-state index in [1.807, 2.05) is 28.5 Å². The maximum absolute atomic E-state index is 12.3. The number of imidazole rings is 1. The highest BCUT2D eigenvalue weighted by atomic mass is 16.2. The number of carbonyl (C=O) groups is 2. The number of carbonyl (C=O) groups excluding carboxylic acids is 2. The third-order valence-electron chi connectivity index (χ3n) is 4.57. The molecule has 6 heteroatoms. The number of fused-ring (bicyclic) bond motifs is 1. The number of nitrogens with one attached hydrogen (secondary N) is 1. The van der Waals surface area contributed by atoms with Crippen molar-refractivity contribution in [3.63, 3.8) is 0 Å². The fourth-order valence-electron chi connectivity index (χ4n) is 3.04. The van der Waals surface area contributed by atoms with Crippen LogP contribution in [0.15, 0.2) is 24.5 Å². The van der Waals surface area contributed by atoms with Crippen molar-refractivity contribution < 1.29 is 9.59 Å². The summed E-state index contributed by atoms with van der Waals surface area (Å²) in [5, 5.41) is 3.00. The van der Waals surface area contributed by atoms with Crippen molar-refractivity contribution in [3.8, 4) is 0 Å². The van der Waals surface area contributed by atoms with Crippen LogP contribution in [0.3, 0.4) is 0 Å². The van der Waals surface area contributed by atoms with Crippen molar-refractivity contribution in [2.24, 2.45) is 5.92 Å². The largest absolute Gasteiger partial charge is 0.352 e. The van der Waals surface area contributed by atoms with Crippen LogP contribution in [0, 0.1) is 12.8 Å². The number of amides is 2. The van der Waals surface area contributed by atoms with Gasteiger partial charge in [-0.2, -0.15) is 0 Å². The molecule has 6 nitrogen and oxygen atoms in total. The number of rotatable bonds is 3. The van der Waals surface area contributed by atoms with Crippen LogP contribution in [0.25, 0.3) is 5.65 Å². The van der Waals surface area contributed by atoms with E-state index in [4.69, 9.17) is 0 Å². The number of piperidine rings is 1. The third-order valence-corrected chi connectivity index (χ3v) is 4.57. The van der Waals surface area contributed by atoms with E-state index in [0.29, 0.717) is 18.0 Å². The van der Waals surface area contributed by atoms with Gasteiger partial charge in [0.15, 0.2) is 0 Å². The Labute approximate surface area is 135 Å². The van der Waals surface area contributed by atoms with Gasteiger partial charge in [-0.1, -0.05) is 0 Å². The van der Waals surface area contributed by atoms with Crippen LogP contribution >= 0.6 is 0 Å². The van der Waals surface area contributed by atoms with E-state index >= 15 is 0 Å². The lowest BCUT2D eigenvalue weighted by Gasteiger charge is -2.31. The van der Waals surface area contributed by atoms with Crippen LogP contribution in [-0.4, -0.2) is 45.7 Å². The summed E-state index contributed by atoms with van der Waals surface area (Å²) in [6, 6.07) is 3.62. The number of nitrogens with zero attached hydrogens (tertiary/aromatic N) is 3. The minimum atomic E-state index is -0.0675.